The largest absolute Gasteiger partial charge is 0.471 e. The lowest BCUT2D eigenvalue weighted by molar-refractivity contribution is -0.170. The first-order valence-corrected chi connectivity index (χ1v) is 7.37. The van der Waals surface area contributed by atoms with Gasteiger partial charge in [0.2, 0.25) is 5.91 Å². The van der Waals surface area contributed by atoms with Gasteiger partial charge in [-0.25, -0.2) is 9.97 Å². The van der Waals surface area contributed by atoms with Crippen LogP contribution in [-0.4, -0.2) is 42.1 Å². The molecule has 0 aliphatic rings. The Morgan fingerprint density at radius 2 is 1.62 bits per heavy atom. The van der Waals surface area contributed by atoms with Crippen LogP contribution in [0.2, 0.25) is 0 Å². The van der Waals surface area contributed by atoms with Gasteiger partial charge in [0.1, 0.15) is 19.4 Å². The Morgan fingerprint density at radius 1 is 1.24 bits per heavy atom. The third kappa shape index (κ3) is 6.71. The highest BCUT2D eigenvalue weighted by molar-refractivity contribution is 14.1. The van der Waals surface area contributed by atoms with Crippen molar-refractivity contribution in [3.8, 4) is 0 Å². The van der Waals surface area contributed by atoms with Crippen LogP contribution in [0, 0.1) is 7.40 Å². The highest BCUT2D eigenvalue weighted by Gasteiger charge is 2.42. The van der Waals surface area contributed by atoms with Gasteiger partial charge in [0.25, 0.3) is 0 Å². The Balaban J connectivity index is 0.000000690. The van der Waals surface area contributed by atoms with E-state index in [0.717, 1.165) is 7.05 Å². The second-order valence-corrected chi connectivity index (χ2v) is 5.52. The van der Waals surface area contributed by atoms with E-state index in [1.807, 2.05) is 0 Å². The van der Waals surface area contributed by atoms with E-state index in [2.05, 4.69) is 15.3 Å². The van der Waals surface area contributed by atoms with Crippen molar-refractivity contribution in [3.63, 3.8) is 0 Å². The molecule has 21 heavy (non-hydrogen) atoms. The number of nitrogens with one attached hydrogen (secondary N) is 1. The first-order chi connectivity index (χ1) is 9.52. The SMILES string of the molecule is CN(C(=O)C(F)(F)F)c1c(I)ncnc1I.CNC(C)=O. The summed E-state index contributed by atoms with van der Waals surface area (Å²) in [6.07, 6.45) is -3.68. The molecule has 118 valence electrons. The molecular formula is C10H11F3I2N4O2. The van der Waals surface area contributed by atoms with Crippen molar-refractivity contribution in [1.82, 2.24) is 15.3 Å². The van der Waals surface area contributed by atoms with Gasteiger partial charge >= 0.3 is 12.1 Å². The van der Waals surface area contributed by atoms with E-state index < -0.39 is 12.1 Å². The molecule has 1 N–H and O–H groups in total. The zero-order valence-corrected chi connectivity index (χ0v) is 15.4. The molecule has 0 aliphatic carbocycles. The number of carbonyl (C=O) groups excluding carboxylic acids is 2. The van der Waals surface area contributed by atoms with E-state index in [9.17, 15) is 22.8 Å². The predicted octanol–water partition coefficient (Wildman–Crippen LogP) is 1.96. The number of amides is 2. The highest BCUT2D eigenvalue weighted by atomic mass is 127. The van der Waals surface area contributed by atoms with Gasteiger partial charge < -0.3 is 10.2 Å². The van der Waals surface area contributed by atoms with Crippen LogP contribution in [-0.2, 0) is 9.59 Å². The van der Waals surface area contributed by atoms with Crippen LogP contribution in [0.5, 0.6) is 0 Å². The van der Waals surface area contributed by atoms with Crippen LogP contribution < -0.4 is 10.2 Å². The lowest BCUT2D eigenvalue weighted by Crippen LogP contribution is -2.39. The molecule has 0 radical (unpaired) electrons. The van der Waals surface area contributed by atoms with E-state index in [0.29, 0.717) is 4.90 Å². The molecule has 1 rings (SSSR count). The summed E-state index contributed by atoms with van der Waals surface area (Å²) in [6, 6.07) is 0. The van der Waals surface area contributed by atoms with Gasteiger partial charge in [0.05, 0.1) is 0 Å². The normalized spacial score (nSPS) is 10.3. The van der Waals surface area contributed by atoms with Gasteiger partial charge in [-0.3, -0.25) is 9.59 Å². The number of alkyl halides is 3. The minimum atomic E-state index is -4.91. The van der Waals surface area contributed by atoms with E-state index in [4.69, 9.17) is 0 Å². The highest BCUT2D eigenvalue weighted by Crippen LogP contribution is 2.28. The molecule has 2 amide bonds. The second-order valence-electron chi connectivity index (χ2n) is 3.47. The monoisotopic (exact) mass is 530 g/mol. The molecule has 0 saturated carbocycles. The molecule has 1 heterocycles. The van der Waals surface area contributed by atoms with E-state index in [1.165, 1.54) is 13.3 Å². The molecular weight excluding hydrogens is 519 g/mol. The summed E-state index contributed by atoms with van der Waals surface area (Å²) >= 11 is 3.49. The van der Waals surface area contributed by atoms with Gasteiger partial charge in [-0.1, -0.05) is 0 Å². The topological polar surface area (TPSA) is 75.2 Å². The number of hydrogen-bond donors (Lipinski definition) is 1. The van der Waals surface area contributed by atoms with Crippen LogP contribution >= 0.6 is 45.2 Å². The molecule has 0 aliphatic heterocycles. The van der Waals surface area contributed by atoms with Crippen LogP contribution in [0.3, 0.4) is 0 Å². The lowest BCUT2D eigenvalue weighted by Gasteiger charge is -2.20. The molecule has 11 heteroatoms. The fourth-order valence-electron chi connectivity index (χ4n) is 0.906. The first-order valence-electron chi connectivity index (χ1n) is 5.21. The van der Waals surface area contributed by atoms with Crippen molar-refractivity contribution < 1.29 is 22.8 Å². The molecule has 1 aromatic heterocycles. The maximum Gasteiger partial charge on any atom is 0.471 e. The van der Waals surface area contributed by atoms with Crippen molar-refractivity contribution in [2.75, 3.05) is 19.0 Å². The fraction of sp³-hybridized carbons (Fsp3) is 0.400. The minimum Gasteiger partial charge on any atom is -0.359 e. The summed E-state index contributed by atoms with van der Waals surface area (Å²) in [6.45, 7) is 1.47. The smallest absolute Gasteiger partial charge is 0.359 e. The van der Waals surface area contributed by atoms with Crippen molar-refractivity contribution in [1.29, 1.82) is 0 Å². The van der Waals surface area contributed by atoms with Crippen LogP contribution in [0.4, 0.5) is 18.9 Å². The number of aromatic nitrogens is 2. The summed E-state index contributed by atoms with van der Waals surface area (Å²) < 4.78 is 37.2. The summed E-state index contributed by atoms with van der Waals surface area (Å²) in [5, 5.41) is 2.39. The number of carbonyl (C=O) groups is 2. The summed E-state index contributed by atoms with van der Waals surface area (Å²) in [7, 11) is 2.64. The Morgan fingerprint density at radius 3 is 1.90 bits per heavy atom. The Bertz CT molecular complexity index is 505. The van der Waals surface area contributed by atoms with E-state index in [-0.39, 0.29) is 19.0 Å². The molecule has 0 aromatic carbocycles. The number of anilines is 1. The molecule has 0 unspecified atom stereocenters. The quantitative estimate of drug-likeness (QED) is 0.446. The van der Waals surface area contributed by atoms with Gasteiger partial charge in [-0.05, 0) is 45.2 Å². The number of nitrogens with zero attached hydrogens (tertiary/aromatic N) is 3. The Kier molecular flexibility index (Phi) is 8.35. The van der Waals surface area contributed by atoms with Crippen LogP contribution in [0.1, 0.15) is 6.92 Å². The Hall–Kier alpha value is -0.730. The standard InChI is InChI=1S/C7H4F3I2N3O.C3H7NO/c1-15(6(16)7(8,9)10)3-4(11)13-2-14-5(3)12;1-3(5)4-2/h2H,1H3;1-2H3,(H,4,5). The molecule has 0 bridgehead atoms. The maximum absolute atomic E-state index is 12.2. The second kappa shape index (κ2) is 8.65. The fourth-order valence-corrected chi connectivity index (χ4v) is 2.91. The number of hydrogen-bond acceptors (Lipinski definition) is 4. The maximum atomic E-state index is 12.2. The van der Waals surface area contributed by atoms with Crippen molar-refractivity contribution in [2.24, 2.45) is 0 Å². The third-order valence-corrected chi connectivity index (χ3v) is 3.55. The zero-order chi connectivity index (χ0) is 16.8. The summed E-state index contributed by atoms with van der Waals surface area (Å²) in [5.41, 5.74) is 0.0611. The van der Waals surface area contributed by atoms with Gasteiger partial charge in [-0.15, -0.1) is 0 Å². The predicted molar refractivity (Wildman–Crippen MR) is 86.7 cm³/mol. The van der Waals surface area contributed by atoms with Crippen molar-refractivity contribution >= 4 is 62.7 Å². The summed E-state index contributed by atoms with van der Waals surface area (Å²) in [4.78, 5) is 28.7. The Labute approximate surface area is 146 Å². The first kappa shape index (κ1) is 20.3. The van der Waals surface area contributed by atoms with Gasteiger partial charge in [0, 0.05) is 21.0 Å². The lowest BCUT2D eigenvalue weighted by atomic mass is 10.4. The average Bonchev–Trinajstić information content (AvgIpc) is 2.37. The minimum absolute atomic E-state index is 0.00463. The van der Waals surface area contributed by atoms with Crippen molar-refractivity contribution in [3.05, 3.63) is 13.7 Å². The molecule has 1 aromatic rings. The van der Waals surface area contributed by atoms with E-state index >= 15 is 0 Å². The summed E-state index contributed by atoms with van der Waals surface area (Å²) in [5.74, 6) is -1.94. The van der Waals surface area contributed by atoms with Crippen LogP contribution in [0.25, 0.3) is 0 Å². The van der Waals surface area contributed by atoms with Crippen LogP contribution in [0.15, 0.2) is 6.33 Å². The molecule has 0 saturated heterocycles. The number of rotatable bonds is 1. The average molecular weight is 530 g/mol. The molecule has 0 fully saturated rings. The van der Waals surface area contributed by atoms with Gasteiger partial charge in [-0.2, -0.15) is 13.2 Å². The zero-order valence-electron chi connectivity index (χ0n) is 11.1. The number of halogens is 5. The molecule has 0 atom stereocenters. The van der Waals surface area contributed by atoms with E-state index in [1.54, 1.807) is 52.2 Å². The third-order valence-electron chi connectivity index (χ3n) is 1.97. The van der Waals surface area contributed by atoms with Gasteiger partial charge in [0.15, 0.2) is 0 Å². The molecule has 0 spiro atoms. The molecule has 6 nitrogen and oxygen atoms in total. The van der Waals surface area contributed by atoms with Crippen molar-refractivity contribution in [2.45, 2.75) is 13.1 Å².